The van der Waals surface area contributed by atoms with Gasteiger partial charge >= 0.3 is 0 Å². The van der Waals surface area contributed by atoms with Gasteiger partial charge in [-0.25, -0.2) is 9.37 Å². The standard InChI is InChI=1S/C11H10FN3OS/c1-13-10-9(4-7(12)5-14-10)11(16)15-8-2-3-17-6-8/h2-6H,1H3,(H,13,14)(H,15,16). The van der Waals surface area contributed by atoms with Gasteiger partial charge in [0, 0.05) is 12.4 Å². The molecule has 0 bridgehead atoms. The van der Waals surface area contributed by atoms with Gasteiger partial charge in [-0.2, -0.15) is 11.3 Å². The first-order valence-electron chi connectivity index (χ1n) is 4.87. The van der Waals surface area contributed by atoms with Crippen molar-refractivity contribution in [3.8, 4) is 0 Å². The molecule has 0 aliphatic heterocycles. The molecule has 6 heteroatoms. The second-order valence-corrected chi connectivity index (χ2v) is 4.05. The molecule has 0 unspecified atom stereocenters. The van der Waals surface area contributed by atoms with Gasteiger partial charge in [0.25, 0.3) is 5.91 Å². The Hall–Kier alpha value is -1.95. The van der Waals surface area contributed by atoms with Crippen molar-refractivity contribution in [3.63, 3.8) is 0 Å². The van der Waals surface area contributed by atoms with E-state index in [1.54, 1.807) is 18.5 Å². The van der Waals surface area contributed by atoms with Crippen molar-refractivity contribution in [2.24, 2.45) is 0 Å². The third kappa shape index (κ3) is 2.59. The highest BCUT2D eigenvalue weighted by Crippen LogP contribution is 2.17. The number of amides is 1. The molecule has 0 aliphatic carbocycles. The molecule has 0 fully saturated rings. The molecule has 0 spiro atoms. The molecule has 0 aromatic carbocycles. The van der Waals surface area contributed by atoms with E-state index in [0.717, 1.165) is 12.3 Å². The zero-order chi connectivity index (χ0) is 12.3. The maximum absolute atomic E-state index is 13.1. The van der Waals surface area contributed by atoms with Crippen molar-refractivity contribution in [1.82, 2.24) is 4.98 Å². The smallest absolute Gasteiger partial charge is 0.259 e. The molecule has 0 saturated carbocycles. The summed E-state index contributed by atoms with van der Waals surface area (Å²) < 4.78 is 13.1. The SMILES string of the molecule is CNc1ncc(F)cc1C(=O)Nc1ccsc1. The summed E-state index contributed by atoms with van der Waals surface area (Å²) in [5, 5.41) is 9.05. The second kappa shape index (κ2) is 4.92. The Morgan fingerprint density at radius 3 is 3.00 bits per heavy atom. The topological polar surface area (TPSA) is 54.0 Å². The number of hydrogen-bond acceptors (Lipinski definition) is 4. The van der Waals surface area contributed by atoms with Crippen molar-refractivity contribution in [2.45, 2.75) is 0 Å². The number of thiophene rings is 1. The summed E-state index contributed by atoms with van der Waals surface area (Å²) in [5.74, 6) is -0.585. The van der Waals surface area contributed by atoms with E-state index in [-0.39, 0.29) is 11.5 Å². The van der Waals surface area contributed by atoms with E-state index in [2.05, 4.69) is 15.6 Å². The van der Waals surface area contributed by atoms with Crippen molar-refractivity contribution in [2.75, 3.05) is 17.7 Å². The van der Waals surface area contributed by atoms with Crippen LogP contribution in [0.1, 0.15) is 10.4 Å². The lowest BCUT2D eigenvalue weighted by Gasteiger charge is -2.07. The van der Waals surface area contributed by atoms with Crippen LogP contribution in [0, 0.1) is 5.82 Å². The van der Waals surface area contributed by atoms with Crippen LogP contribution in [0.25, 0.3) is 0 Å². The summed E-state index contributed by atoms with van der Waals surface area (Å²) in [4.78, 5) is 15.7. The third-order valence-corrected chi connectivity index (χ3v) is 2.80. The highest BCUT2D eigenvalue weighted by Gasteiger charge is 2.13. The summed E-state index contributed by atoms with van der Waals surface area (Å²) in [7, 11) is 1.63. The lowest BCUT2D eigenvalue weighted by Crippen LogP contribution is -2.14. The molecule has 0 atom stereocenters. The van der Waals surface area contributed by atoms with Gasteiger partial charge in [-0.1, -0.05) is 0 Å². The Morgan fingerprint density at radius 2 is 2.35 bits per heavy atom. The van der Waals surface area contributed by atoms with E-state index in [4.69, 9.17) is 0 Å². The average Bonchev–Trinajstić information content (AvgIpc) is 2.81. The first-order valence-corrected chi connectivity index (χ1v) is 5.82. The Bertz CT molecular complexity index is 528. The van der Waals surface area contributed by atoms with E-state index in [9.17, 15) is 9.18 Å². The normalized spacial score (nSPS) is 10.0. The number of anilines is 2. The summed E-state index contributed by atoms with van der Waals surface area (Å²) in [6.45, 7) is 0. The minimum Gasteiger partial charge on any atom is -0.372 e. The lowest BCUT2D eigenvalue weighted by molar-refractivity contribution is 0.102. The number of hydrogen-bond donors (Lipinski definition) is 2. The van der Waals surface area contributed by atoms with Crippen molar-refractivity contribution < 1.29 is 9.18 Å². The van der Waals surface area contributed by atoms with Gasteiger partial charge in [-0.3, -0.25) is 4.79 Å². The van der Waals surface area contributed by atoms with Gasteiger partial charge in [0.05, 0.1) is 17.4 Å². The van der Waals surface area contributed by atoms with E-state index in [0.29, 0.717) is 11.5 Å². The van der Waals surface area contributed by atoms with Crippen LogP contribution >= 0.6 is 11.3 Å². The summed E-state index contributed by atoms with van der Waals surface area (Å²) in [5.41, 5.74) is 0.866. The molecule has 2 aromatic heterocycles. The van der Waals surface area contributed by atoms with E-state index in [1.807, 2.05) is 5.38 Å². The van der Waals surface area contributed by atoms with E-state index >= 15 is 0 Å². The van der Waals surface area contributed by atoms with Crippen LogP contribution in [-0.2, 0) is 0 Å². The van der Waals surface area contributed by atoms with Crippen LogP contribution in [0.3, 0.4) is 0 Å². The molecular formula is C11H10FN3OS. The number of aromatic nitrogens is 1. The molecule has 2 aromatic rings. The monoisotopic (exact) mass is 251 g/mol. The Labute approximate surface area is 102 Å². The van der Waals surface area contributed by atoms with Crippen molar-refractivity contribution in [3.05, 3.63) is 40.5 Å². The first-order chi connectivity index (χ1) is 8.20. The third-order valence-electron chi connectivity index (χ3n) is 2.11. The minimum absolute atomic E-state index is 0.179. The molecule has 17 heavy (non-hydrogen) atoms. The van der Waals surface area contributed by atoms with Crippen LogP contribution in [0.4, 0.5) is 15.9 Å². The Balaban J connectivity index is 2.26. The molecular weight excluding hydrogens is 241 g/mol. The van der Waals surface area contributed by atoms with Crippen molar-refractivity contribution >= 4 is 28.7 Å². The molecule has 2 N–H and O–H groups in total. The molecule has 4 nitrogen and oxygen atoms in total. The maximum Gasteiger partial charge on any atom is 0.259 e. The van der Waals surface area contributed by atoms with Gasteiger partial charge in [-0.15, -0.1) is 0 Å². The summed E-state index contributed by atoms with van der Waals surface area (Å²) >= 11 is 1.47. The molecule has 0 saturated heterocycles. The van der Waals surface area contributed by atoms with E-state index < -0.39 is 5.82 Å². The fourth-order valence-corrected chi connectivity index (χ4v) is 1.93. The quantitative estimate of drug-likeness (QED) is 0.881. The molecule has 88 valence electrons. The fourth-order valence-electron chi connectivity index (χ4n) is 1.35. The second-order valence-electron chi connectivity index (χ2n) is 3.27. The first kappa shape index (κ1) is 11.5. The predicted molar refractivity (Wildman–Crippen MR) is 66.0 cm³/mol. The number of nitrogens with one attached hydrogen (secondary N) is 2. The fraction of sp³-hybridized carbons (Fsp3) is 0.0909. The number of nitrogens with zero attached hydrogens (tertiary/aromatic N) is 1. The average molecular weight is 251 g/mol. The van der Waals surface area contributed by atoms with Gasteiger partial charge in [0.2, 0.25) is 0 Å². The number of rotatable bonds is 3. The minimum atomic E-state index is -0.542. The molecule has 2 rings (SSSR count). The molecule has 2 heterocycles. The van der Waals surface area contributed by atoms with E-state index in [1.165, 1.54) is 11.3 Å². The number of carbonyl (C=O) groups excluding carboxylic acids is 1. The highest BCUT2D eigenvalue weighted by atomic mass is 32.1. The maximum atomic E-state index is 13.1. The summed E-state index contributed by atoms with van der Waals surface area (Å²) in [6.07, 6.45) is 1.06. The van der Waals surface area contributed by atoms with Crippen molar-refractivity contribution in [1.29, 1.82) is 0 Å². The van der Waals surface area contributed by atoms with Crippen LogP contribution < -0.4 is 10.6 Å². The molecule has 0 radical (unpaired) electrons. The zero-order valence-corrected chi connectivity index (χ0v) is 9.84. The van der Waals surface area contributed by atoms with Gasteiger partial charge in [0.1, 0.15) is 11.6 Å². The predicted octanol–water partition coefficient (Wildman–Crippen LogP) is 2.58. The van der Waals surface area contributed by atoms with Crippen LogP contribution in [0.15, 0.2) is 29.1 Å². The molecule has 1 amide bonds. The number of halogens is 1. The Kier molecular flexibility index (Phi) is 3.34. The summed E-state index contributed by atoms with van der Waals surface area (Å²) in [6, 6.07) is 2.93. The van der Waals surface area contributed by atoms with Crippen LogP contribution in [0.5, 0.6) is 0 Å². The van der Waals surface area contributed by atoms with Gasteiger partial charge in [0.15, 0.2) is 0 Å². The lowest BCUT2D eigenvalue weighted by atomic mass is 10.2. The number of carbonyl (C=O) groups is 1. The van der Waals surface area contributed by atoms with Crippen LogP contribution in [0.2, 0.25) is 0 Å². The van der Waals surface area contributed by atoms with Gasteiger partial charge < -0.3 is 10.6 Å². The largest absolute Gasteiger partial charge is 0.372 e. The number of pyridine rings is 1. The van der Waals surface area contributed by atoms with Crippen LogP contribution in [-0.4, -0.2) is 17.9 Å². The molecule has 0 aliphatic rings. The Morgan fingerprint density at radius 1 is 1.53 bits per heavy atom. The highest BCUT2D eigenvalue weighted by molar-refractivity contribution is 7.08. The van der Waals surface area contributed by atoms with Gasteiger partial charge in [-0.05, 0) is 17.5 Å². The zero-order valence-electron chi connectivity index (χ0n) is 9.03.